The van der Waals surface area contributed by atoms with Crippen molar-refractivity contribution < 1.29 is 4.79 Å². The molecule has 0 saturated carbocycles. The van der Waals surface area contributed by atoms with Gasteiger partial charge in [0.15, 0.2) is 0 Å². The highest BCUT2D eigenvalue weighted by molar-refractivity contribution is 6.17. The van der Waals surface area contributed by atoms with Crippen molar-refractivity contribution in [3.63, 3.8) is 0 Å². The summed E-state index contributed by atoms with van der Waals surface area (Å²) in [5.41, 5.74) is 2.31. The van der Waals surface area contributed by atoms with E-state index < -0.39 is 0 Å². The van der Waals surface area contributed by atoms with Crippen LogP contribution >= 0.6 is 11.6 Å². The van der Waals surface area contributed by atoms with Crippen molar-refractivity contribution in [2.75, 3.05) is 5.32 Å². The first kappa shape index (κ1) is 11.7. The monoisotopic (exact) mass is 245 g/mol. The Kier molecular flexibility index (Phi) is 3.78. The zero-order chi connectivity index (χ0) is 12.1. The number of benzene rings is 2. The molecule has 2 rings (SSSR count). The maximum absolute atomic E-state index is 11.9. The Morgan fingerprint density at radius 1 is 1.00 bits per heavy atom. The van der Waals surface area contributed by atoms with Gasteiger partial charge < -0.3 is 5.32 Å². The third kappa shape index (κ3) is 2.86. The molecule has 1 amide bonds. The Hall–Kier alpha value is -1.80. The van der Waals surface area contributed by atoms with Gasteiger partial charge in [-0.2, -0.15) is 0 Å². The highest BCUT2D eigenvalue weighted by Gasteiger charge is 2.07. The van der Waals surface area contributed by atoms with E-state index in [9.17, 15) is 4.79 Å². The lowest BCUT2D eigenvalue weighted by atomic mass is 10.1. The Labute approximate surface area is 105 Å². The van der Waals surface area contributed by atoms with Gasteiger partial charge in [-0.25, -0.2) is 0 Å². The largest absolute Gasteiger partial charge is 0.322 e. The number of alkyl halides is 1. The number of halogens is 1. The molecule has 0 aliphatic carbocycles. The molecule has 2 aromatic rings. The summed E-state index contributed by atoms with van der Waals surface area (Å²) >= 11 is 5.81. The molecule has 0 unspecified atom stereocenters. The molecule has 0 spiro atoms. The minimum atomic E-state index is -0.122. The third-order valence-electron chi connectivity index (χ3n) is 2.45. The van der Waals surface area contributed by atoms with Crippen LogP contribution < -0.4 is 5.32 Å². The lowest BCUT2D eigenvalue weighted by Crippen LogP contribution is -2.12. The van der Waals surface area contributed by atoms with Crippen LogP contribution in [-0.2, 0) is 5.88 Å². The number of rotatable bonds is 3. The second-order valence-corrected chi connectivity index (χ2v) is 3.88. The van der Waals surface area contributed by atoms with Gasteiger partial charge >= 0.3 is 0 Å². The number of carbonyl (C=O) groups is 1. The summed E-state index contributed by atoms with van der Waals surface area (Å²) in [5.74, 6) is 0.258. The fraction of sp³-hybridized carbons (Fsp3) is 0.0714. The predicted octanol–water partition coefficient (Wildman–Crippen LogP) is 3.68. The fourth-order valence-electron chi connectivity index (χ4n) is 1.54. The summed E-state index contributed by atoms with van der Waals surface area (Å²) in [4.78, 5) is 11.9. The standard InChI is InChI=1S/C14H12ClNO/c15-10-12-8-4-5-9-13(12)16-14(17)11-6-2-1-3-7-11/h1-9H,10H2,(H,16,17). The van der Waals surface area contributed by atoms with Crippen LogP contribution in [0.25, 0.3) is 0 Å². The highest BCUT2D eigenvalue weighted by atomic mass is 35.5. The van der Waals surface area contributed by atoms with Crippen LogP contribution in [0.5, 0.6) is 0 Å². The van der Waals surface area contributed by atoms with E-state index in [-0.39, 0.29) is 5.91 Å². The Morgan fingerprint density at radius 3 is 2.35 bits per heavy atom. The first-order chi connectivity index (χ1) is 8.31. The van der Waals surface area contributed by atoms with E-state index >= 15 is 0 Å². The molecule has 0 atom stereocenters. The molecule has 0 saturated heterocycles. The zero-order valence-corrected chi connectivity index (χ0v) is 9.95. The molecular weight excluding hydrogens is 234 g/mol. The van der Waals surface area contributed by atoms with E-state index in [1.54, 1.807) is 12.1 Å². The van der Waals surface area contributed by atoms with Crippen LogP contribution in [0.15, 0.2) is 54.6 Å². The van der Waals surface area contributed by atoms with Gasteiger partial charge in [0.25, 0.3) is 5.91 Å². The van der Waals surface area contributed by atoms with Crippen molar-refractivity contribution in [3.05, 3.63) is 65.7 Å². The van der Waals surface area contributed by atoms with Gasteiger partial charge in [-0.1, -0.05) is 36.4 Å². The highest BCUT2D eigenvalue weighted by Crippen LogP contribution is 2.17. The quantitative estimate of drug-likeness (QED) is 0.822. The number of carbonyl (C=O) groups excluding carboxylic acids is 1. The third-order valence-corrected chi connectivity index (χ3v) is 2.73. The van der Waals surface area contributed by atoms with Gasteiger partial charge in [-0.05, 0) is 23.8 Å². The minimum absolute atomic E-state index is 0.122. The first-order valence-corrected chi connectivity index (χ1v) is 5.85. The van der Waals surface area contributed by atoms with Gasteiger partial charge in [0, 0.05) is 17.1 Å². The molecule has 2 aromatic carbocycles. The van der Waals surface area contributed by atoms with Crippen molar-refractivity contribution in [1.29, 1.82) is 0 Å². The average molecular weight is 246 g/mol. The van der Waals surface area contributed by atoms with Crippen molar-refractivity contribution in [1.82, 2.24) is 0 Å². The summed E-state index contributed by atoms with van der Waals surface area (Å²) in [5, 5.41) is 2.85. The summed E-state index contributed by atoms with van der Waals surface area (Å²) < 4.78 is 0. The van der Waals surface area contributed by atoms with E-state index in [1.807, 2.05) is 42.5 Å². The van der Waals surface area contributed by atoms with Crippen molar-refractivity contribution in [2.45, 2.75) is 5.88 Å². The molecule has 86 valence electrons. The Bertz CT molecular complexity index is 511. The molecule has 0 aromatic heterocycles. The van der Waals surface area contributed by atoms with E-state index in [0.717, 1.165) is 11.3 Å². The molecule has 1 N–H and O–H groups in total. The molecule has 3 heteroatoms. The van der Waals surface area contributed by atoms with E-state index in [1.165, 1.54) is 0 Å². The number of para-hydroxylation sites is 1. The lowest BCUT2D eigenvalue weighted by Gasteiger charge is -2.08. The summed E-state index contributed by atoms with van der Waals surface area (Å²) in [7, 11) is 0. The molecule has 17 heavy (non-hydrogen) atoms. The summed E-state index contributed by atoms with van der Waals surface area (Å²) in [6.45, 7) is 0. The van der Waals surface area contributed by atoms with E-state index in [0.29, 0.717) is 11.4 Å². The number of amides is 1. The SMILES string of the molecule is O=C(Nc1ccccc1CCl)c1ccccc1. The number of anilines is 1. The van der Waals surface area contributed by atoms with Crippen LogP contribution in [0.2, 0.25) is 0 Å². The minimum Gasteiger partial charge on any atom is -0.322 e. The lowest BCUT2D eigenvalue weighted by molar-refractivity contribution is 0.102. The van der Waals surface area contributed by atoms with Gasteiger partial charge in [0.2, 0.25) is 0 Å². The molecular formula is C14H12ClNO. The average Bonchev–Trinajstić information content (AvgIpc) is 2.40. The van der Waals surface area contributed by atoms with E-state index in [4.69, 9.17) is 11.6 Å². The molecule has 0 fully saturated rings. The predicted molar refractivity (Wildman–Crippen MR) is 70.4 cm³/mol. The molecule has 0 aliphatic heterocycles. The smallest absolute Gasteiger partial charge is 0.255 e. The van der Waals surface area contributed by atoms with Crippen molar-refractivity contribution >= 4 is 23.2 Å². The Balaban J connectivity index is 2.19. The van der Waals surface area contributed by atoms with Gasteiger partial charge in [0.1, 0.15) is 0 Å². The second kappa shape index (κ2) is 5.51. The topological polar surface area (TPSA) is 29.1 Å². The van der Waals surface area contributed by atoms with Crippen molar-refractivity contribution in [2.24, 2.45) is 0 Å². The van der Waals surface area contributed by atoms with Crippen LogP contribution in [0.1, 0.15) is 15.9 Å². The maximum atomic E-state index is 11.9. The first-order valence-electron chi connectivity index (χ1n) is 5.31. The normalized spacial score (nSPS) is 9.94. The summed E-state index contributed by atoms with van der Waals surface area (Å²) in [6.07, 6.45) is 0. The Morgan fingerprint density at radius 2 is 1.65 bits per heavy atom. The molecule has 0 bridgehead atoms. The number of nitrogens with one attached hydrogen (secondary N) is 1. The number of hydrogen-bond donors (Lipinski definition) is 1. The van der Waals surface area contributed by atoms with Crippen LogP contribution in [0, 0.1) is 0 Å². The van der Waals surface area contributed by atoms with Gasteiger partial charge in [-0.3, -0.25) is 4.79 Å². The maximum Gasteiger partial charge on any atom is 0.255 e. The zero-order valence-electron chi connectivity index (χ0n) is 9.19. The van der Waals surface area contributed by atoms with Gasteiger partial charge in [-0.15, -0.1) is 11.6 Å². The fourth-order valence-corrected chi connectivity index (χ4v) is 1.78. The summed E-state index contributed by atoms with van der Waals surface area (Å²) in [6, 6.07) is 16.6. The van der Waals surface area contributed by atoms with Crippen LogP contribution in [0.3, 0.4) is 0 Å². The van der Waals surface area contributed by atoms with Crippen LogP contribution in [0.4, 0.5) is 5.69 Å². The van der Waals surface area contributed by atoms with Gasteiger partial charge in [0.05, 0.1) is 0 Å². The molecule has 0 radical (unpaired) electrons. The van der Waals surface area contributed by atoms with Crippen LogP contribution in [-0.4, -0.2) is 5.91 Å². The van der Waals surface area contributed by atoms with E-state index in [2.05, 4.69) is 5.32 Å². The molecule has 0 heterocycles. The molecule has 2 nitrogen and oxygen atoms in total. The molecule has 0 aliphatic rings. The number of hydrogen-bond acceptors (Lipinski definition) is 1. The van der Waals surface area contributed by atoms with Crippen molar-refractivity contribution in [3.8, 4) is 0 Å². The second-order valence-electron chi connectivity index (χ2n) is 3.61.